The smallest absolute Gasteiger partial charge is 0.358 e. The van der Waals surface area contributed by atoms with Crippen LogP contribution in [-0.4, -0.2) is 0 Å². The van der Waals surface area contributed by atoms with Gasteiger partial charge in [-0.3, -0.25) is 0 Å². The summed E-state index contributed by atoms with van der Waals surface area (Å²) in [5.41, 5.74) is 0. The molecule has 0 saturated heterocycles. The largest absolute Gasteiger partial charge is 3.00 e. The summed E-state index contributed by atoms with van der Waals surface area (Å²) >= 11 is 0. The molecule has 0 nitrogen and oxygen atoms in total. The molecule has 0 aromatic rings. The van der Waals surface area contributed by atoms with Gasteiger partial charge < -0.3 is 22.3 Å². The fraction of sp³-hybridized carbons (Fsp3) is 0.250. The Labute approximate surface area is 60.7 Å². The van der Waals surface area contributed by atoms with Crippen LogP contribution in [0, 0.1) is 53.4 Å². The van der Waals surface area contributed by atoms with Gasteiger partial charge >= 0.3 is 31.1 Å². The second-order valence-corrected chi connectivity index (χ2v) is 0. The summed E-state index contributed by atoms with van der Waals surface area (Å²) in [6.45, 7) is 0. The molecule has 0 saturated carbocycles. The molecule has 1 radical (unpaired) electrons. The van der Waals surface area contributed by atoms with Crippen LogP contribution < -0.4 is 0 Å². The molecule has 1 heteroatoms. The second-order valence-electron chi connectivity index (χ2n) is 0. The first kappa shape index (κ1) is 140. The molecule has 0 aromatic carbocycles. The average molecular weight is 299 g/mol. The van der Waals surface area contributed by atoms with Crippen molar-refractivity contribution in [3.8, 4) is 0 Å². The van der Waals surface area contributed by atoms with Crippen molar-refractivity contribution in [2.75, 3.05) is 0 Å². The minimum Gasteiger partial charge on any atom is -0.358 e. The van der Waals surface area contributed by atoms with E-state index in [9.17, 15) is 0 Å². The third-order valence-electron chi connectivity index (χ3n) is 0. The van der Waals surface area contributed by atoms with E-state index in [4.69, 9.17) is 0 Å². The second kappa shape index (κ2) is 75.0. The third kappa shape index (κ3) is 42.5. The van der Waals surface area contributed by atoms with E-state index in [1.807, 2.05) is 0 Å². The topological polar surface area (TPSA) is 0 Å². The Morgan fingerprint density at radius 3 is 0.600 bits per heavy atom. The molecule has 0 unspecified atom stereocenters. The molecule has 5 heavy (non-hydrogen) atoms. The van der Waals surface area contributed by atoms with Crippen LogP contribution in [0.5, 0.6) is 0 Å². The first-order valence-electron chi connectivity index (χ1n) is 0. The van der Waals surface area contributed by atoms with Crippen LogP contribution in [0.2, 0.25) is 0 Å². The van der Waals surface area contributed by atoms with Gasteiger partial charge in [0.25, 0.3) is 0 Å². The molecule has 0 N–H and O–H groups in total. The summed E-state index contributed by atoms with van der Waals surface area (Å²) in [5, 5.41) is 0. The van der Waals surface area contributed by atoms with Crippen molar-refractivity contribution in [2.45, 2.75) is 7.43 Å². The molecule has 0 fully saturated rings. The van der Waals surface area contributed by atoms with Gasteiger partial charge in [-0.2, -0.15) is 0 Å². The van der Waals surface area contributed by atoms with Gasteiger partial charge in [0.05, 0.1) is 0 Å². The van der Waals surface area contributed by atoms with Gasteiger partial charge in [0.1, 0.15) is 0 Å². The van der Waals surface area contributed by atoms with Crippen molar-refractivity contribution in [2.24, 2.45) is 0 Å². The van der Waals surface area contributed by atoms with E-state index in [1.165, 1.54) is 0 Å². The minimum absolute atomic E-state index is 0. The van der Waals surface area contributed by atoms with Crippen LogP contribution in [0.1, 0.15) is 7.43 Å². The molecule has 33 valence electrons. The zero-order valence-electron chi connectivity index (χ0n) is 3.50. The van der Waals surface area contributed by atoms with Crippen LogP contribution in [-0.2, 0) is 0 Å². The van der Waals surface area contributed by atoms with Crippen molar-refractivity contribution < 1.29 is 31.1 Å². The Morgan fingerprint density at radius 1 is 0.600 bits per heavy atom. The van der Waals surface area contributed by atoms with Crippen LogP contribution in [0.25, 0.3) is 0 Å². The Morgan fingerprint density at radius 2 is 0.600 bits per heavy atom. The maximum atomic E-state index is 0. The fourth-order valence-electron chi connectivity index (χ4n) is 0. The Balaban J connectivity index is 0. The third-order valence-corrected chi connectivity index (χ3v) is 0. The van der Waals surface area contributed by atoms with Crippen LogP contribution >= 0.6 is 0 Å². The molecule has 0 rings (SSSR count). The molecule has 0 aliphatic carbocycles. The Hall–Kier alpha value is 1.05. The molecule has 0 bridgehead atoms. The normalized spacial score (nSPS) is 0. The molecular weight excluding hydrogens is 286 g/mol. The van der Waals surface area contributed by atoms with Gasteiger partial charge in [-0.25, -0.2) is 0 Å². The van der Waals surface area contributed by atoms with Crippen molar-refractivity contribution in [1.29, 1.82) is 0 Å². The first-order valence-corrected chi connectivity index (χ1v) is 0. The SMILES string of the molecule is C.[CH3-].[CH3-].[CH3-].[U+3]. The van der Waals surface area contributed by atoms with Crippen LogP contribution in [0.3, 0.4) is 0 Å². The maximum Gasteiger partial charge on any atom is 3.00 e. The Bertz CT molecular complexity index is 3.61. The number of rotatable bonds is 0. The molecule has 0 atom stereocenters. The van der Waals surface area contributed by atoms with E-state index in [2.05, 4.69) is 0 Å². The zero-order chi connectivity index (χ0) is 0. The molecule has 0 amide bonds. The minimum atomic E-state index is 0. The zero-order valence-corrected chi connectivity index (χ0v) is 7.66. The molecular formula is C4H13U. The summed E-state index contributed by atoms with van der Waals surface area (Å²) in [5.74, 6) is 0. The molecule has 0 heterocycles. The molecule has 0 spiro atoms. The predicted octanol–water partition coefficient (Wildman–Crippen LogP) is 1.99. The Kier molecular flexibility index (Phi) is 2090. The van der Waals surface area contributed by atoms with Crippen molar-refractivity contribution >= 4 is 0 Å². The van der Waals surface area contributed by atoms with Gasteiger partial charge in [0, 0.05) is 0 Å². The van der Waals surface area contributed by atoms with Crippen molar-refractivity contribution in [1.82, 2.24) is 0 Å². The van der Waals surface area contributed by atoms with Crippen LogP contribution in [0.15, 0.2) is 0 Å². The van der Waals surface area contributed by atoms with E-state index in [1.54, 1.807) is 0 Å². The van der Waals surface area contributed by atoms with Gasteiger partial charge in [0.2, 0.25) is 0 Å². The number of hydrogen-bond donors (Lipinski definition) is 0. The summed E-state index contributed by atoms with van der Waals surface area (Å²) in [6, 6.07) is 0. The van der Waals surface area contributed by atoms with Gasteiger partial charge in [-0.1, -0.05) is 7.43 Å². The summed E-state index contributed by atoms with van der Waals surface area (Å²) < 4.78 is 0. The van der Waals surface area contributed by atoms with Crippen molar-refractivity contribution in [3.63, 3.8) is 0 Å². The molecule has 0 aromatic heterocycles. The van der Waals surface area contributed by atoms with Gasteiger partial charge in [-0.05, 0) is 0 Å². The fourth-order valence-corrected chi connectivity index (χ4v) is 0. The first-order chi connectivity index (χ1) is 0. The summed E-state index contributed by atoms with van der Waals surface area (Å²) in [4.78, 5) is 0. The van der Waals surface area contributed by atoms with E-state index in [-0.39, 0.29) is 60.8 Å². The molecule has 0 aliphatic heterocycles. The summed E-state index contributed by atoms with van der Waals surface area (Å²) in [6.07, 6.45) is 0. The van der Waals surface area contributed by atoms with Crippen molar-refractivity contribution in [3.05, 3.63) is 22.3 Å². The van der Waals surface area contributed by atoms with E-state index in [0.29, 0.717) is 0 Å². The number of hydrogen-bond acceptors (Lipinski definition) is 0. The van der Waals surface area contributed by atoms with E-state index >= 15 is 0 Å². The quantitative estimate of drug-likeness (QED) is 0.600. The maximum absolute atomic E-state index is 0. The van der Waals surface area contributed by atoms with Gasteiger partial charge in [-0.15, -0.1) is 0 Å². The van der Waals surface area contributed by atoms with Crippen LogP contribution in [0.4, 0.5) is 0 Å². The average Bonchev–Trinajstić information content (AvgIpc) is 0. The van der Waals surface area contributed by atoms with E-state index < -0.39 is 0 Å². The summed E-state index contributed by atoms with van der Waals surface area (Å²) in [7, 11) is 0. The standard InChI is InChI=1S/CH4.3CH3.U/h1H4;3*1H3;/q;3*-1;+3. The van der Waals surface area contributed by atoms with Gasteiger partial charge in [0.15, 0.2) is 0 Å². The molecule has 0 aliphatic rings. The monoisotopic (exact) mass is 299 g/mol. The predicted molar refractivity (Wildman–Crippen MR) is 26.0 cm³/mol. The van der Waals surface area contributed by atoms with E-state index in [0.717, 1.165) is 0 Å².